The molecular weight excluding hydrogens is 212 g/mol. The molecule has 0 aliphatic heterocycles. The highest BCUT2D eigenvalue weighted by molar-refractivity contribution is 5.74. The molecule has 1 aliphatic rings. The Labute approximate surface area is 102 Å². The lowest BCUT2D eigenvalue weighted by molar-refractivity contribution is 0.241. The van der Waals surface area contributed by atoms with Crippen molar-refractivity contribution in [2.45, 2.75) is 12.8 Å². The molecule has 3 heteroatoms. The van der Waals surface area contributed by atoms with Gasteiger partial charge in [0.25, 0.3) is 0 Å². The molecule has 0 atom stereocenters. The Morgan fingerprint density at radius 1 is 1.24 bits per heavy atom. The van der Waals surface area contributed by atoms with Gasteiger partial charge in [-0.05, 0) is 30.9 Å². The first-order valence-electron chi connectivity index (χ1n) is 5.90. The molecule has 2 N–H and O–H groups in total. The van der Waals surface area contributed by atoms with Crippen molar-refractivity contribution in [3.63, 3.8) is 0 Å². The van der Waals surface area contributed by atoms with Crippen LogP contribution < -0.4 is 10.6 Å². The maximum Gasteiger partial charge on any atom is 0.315 e. The van der Waals surface area contributed by atoms with Crippen LogP contribution in [0.15, 0.2) is 30.3 Å². The van der Waals surface area contributed by atoms with E-state index in [4.69, 9.17) is 0 Å². The number of carbonyl (C=O) groups excluding carboxylic acids is 1. The zero-order chi connectivity index (χ0) is 11.9. The van der Waals surface area contributed by atoms with Gasteiger partial charge in [0, 0.05) is 12.1 Å². The van der Waals surface area contributed by atoms with E-state index < -0.39 is 0 Å². The molecular formula is C14H16N2O. The fraction of sp³-hybridized carbons (Fsp3) is 0.357. The van der Waals surface area contributed by atoms with Crippen LogP contribution in [0.4, 0.5) is 4.79 Å². The Balaban J connectivity index is 1.64. The van der Waals surface area contributed by atoms with Crippen molar-refractivity contribution in [2.75, 3.05) is 13.1 Å². The summed E-state index contributed by atoms with van der Waals surface area (Å²) in [4.78, 5) is 11.3. The molecule has 88 valence electrons. The van der Waals surface area contributed by atoms with Crippen LogP contribution in [0.3, 0.4) is 0 Å². The van der Waals surface area contributed by atoms with Crippen molar-refractivity contribution in [1.29, 1.82) is 0 Å². The van der Waals surface area contributed by atoms with Gasteiger partial charge in [-0.3, -0.25) is 0 Å². The summed E-state index contributed by atoms with van der Waals surface area (Å²) in [7, 11) is 0. The van der Waals surface area contributed by atoms with E-state index in [9.17, 15) is 4.79 Å². The van der Waals surface area contributed by atoms with Crippen molar-refractivity contribution < 1.29 is 4.79 Å². The largest absolute Gasteiger partial charge is 0.338 e. The zero-order valence-corrected chi connectivity index (χ0v) is 9.70. The molecule has 0 saturated heterocycles. The van der Waals surface area contributed by atoms with Crippen LogP contribution in [0.2, 0.25) is 0 Å². The van der Waals surface area contributed by atoms with Gasteiger partial charge in [0.2, 0.25) is 0 Å². The minimum Gasteiger partial charge on any atom is -0.338 e. The molecule has 2 amide bonds. The summed E-state index contributed by atoms with van der Waals surface area (Å²) < 4.78 is 0. The van der Waals surface area contributed by atoms with E-state index >= 15 is 0 Å². The third-order valence-electron chi connectivity index (χ3n) is 2.59. The zero-order valence-electron chi connectivity index (χ0n) is 9.70. The molecule has 0 heterocycles. The molecule has 1 aliphatic carbocycles. The SMILES string of the molecule is O=C(NCC#Cc1ccccc1)NCC1CC1. The van der Waals surface area contributed by atoms with Gasteiger partial charge in [-0.2, -0.15) is 0 Å². The Kier molecular flexibility index (Phi) is 4.04. The molecule has 1 fully saturated rings. The van der Waals surface area contributed by atoms with E-state index in [1.54, 1.807) is 0 Å². The van der Waals surface area contributed by atoms with Crippen LogP contribution in [-0.4, -0.2) is 19.1 Å². The standard InChI is InChI=1S/C14H16N2O/c17-14(16-11-13-8-9-13)15-10-4-7-12-5-2-1-3-6-12/h1-3,5-6,13H,8-11H2,(H2,15,16,17). The number of amides is 2. The van der Waals surface area contributed by atoms with E-state index in [2.05, 4.69) is 22.5 Å². The summed E-state index contributed by atoms with van der Waals surface area (Å²) in [5.74, 6) is 6.60. The Hall–Kier alpha value is -1.95. The molecule has 2 rings (SSSR count). The molecule has 1 aromatic carbocycles. The molecule has 0 aromatic heterocycles. The summed E-state index contributed by atoms with van der Waals surface area (Å²) in [5, 5.41) is 5.54. The fourth-order valence-electron chi connectivity index (χ4n) is 1.41. The quantitative estimate of drug-likeness (QED) is 0.760. The molecule has 17 heavy (non-hydrogen) atoms. The minimum absolute atomic E-state index is 0.126. The average molecular weight is 228 g/mol. The molecule has 0 radical (unpaired) electrons. The van der Waals surface area contributed by atoms with Crippen molar-refractivity contribution >= 4 is 6.03 Å². The highest BCUT2D eigenvalue weighted by atomic mass is 16.2. The van der Waals surface area contributed by atoms with Crippen LogP contribution in [0.5, 0.6) is 0 Å². The Morgan fingerprint density at radius 3 is 2.71 bits per heavy atom. The van der Waals surface area contributed by atoms with Gasteiger partial charge in [-0.15, -0.1) is 0 Å². The number of benzene rings is 1. The van der Waals surface area contributed by atoms with Crippen molar-refractivity contribution in [1.82, 2.24) is 10.6 Å². The van der Waals surface area contributed by atoms with Crippen molar-refractivity contribution in [2.24, 2.45) is 5.92 Å². The first-order chi connectivity index (χ1) is 8.34. The molecule has 0 bridgehead atoms. The van der Waals surface area contributed by atoms with Gasteiger partial charge in [0.1, 0.15) is 0 Å². The lowest BCUT2D eigenvalue weighted by Gasteiger charge is -2.03. The topological polar surface area (TPSA) is 41.1 Å². The average Bonchev–Trinajstić information content (AvgIpc) is 3.17. The Morgan fingerprint density at radius 2 is 2.00 bits per heavy atom. The van der Waals surface area contributed by atoms with E-state index in [1.165, 1.54) is 12.8 Å². The van der Waals surface area contributed by atoms with Gasteiger partial charge < -0.3 is 10.6 Å². The smallest absolute Gasteiger partial charge is 0.315 e. The number of carbonyl (C=O) groups is 1. The molecule has 0 unspecified atom stereocenters. The third-order valence-corrected chi connectivity index (χ3v) is 2.59. The van der Waals surface area contributed by atoms with Crippen molar-refractivity contribution in [3.05, 3.63) is 35.9 Å². The molecule has 1 saturated carbocycles. The van der Waals surface area contributed by atoms with Crippen molar-refractivity contribution in [3.8, 4) is 11.8 Å². The van der Waals surface area contributed by atoms with E-state index in [0.717, 1.165) is 12.1 Å². The lowest BCUT2D eigenvalue weighted by atomic mass is 10.2. The first kappa shape index (κ1) is 11.5. The normalized spacial score (nSPS) is 13.4. The van der Waals surface area contributed by atoms with Crippen LogP contribution in [0.25, 0.3) is 0 Å². The summed E-state index contributed by atoms with van der Waals surface area (Å²) in [6.45, 7) is 1.17. The number of hydrogen-bond donors (Lipinski definition) is 2. The summed E-state index contributed by atoms with van der Waals surface area (Å²) in [5.41, 5.74) is 0.965. The molecule has 1 aromatic rings. The van der Waals surface area contributed by atoms with Crippen LogP contribution in [0, 0.1) is 17.8 Å². The molecule has 0 spiro atoms. The van der Waals surface area contributed by atoms with Gasteiger partial charge in [0.15, 0.2) is 0 Å². The van der Waals surface area contributed by atoms with E-state index in [1.807, 2.05) is 30.3 Å². The van der Waals surface area contributed by atoms with Crippen LogP contribution in [-0.2, 0) is 0 Å². The maximum absolute atomic E-state index is 11.3. The van der Waals surface area contributed by atoms with Gasteiger partial charge in [0.05, 0.1) is 6.54 Å². The monoisotopic (exact) mass is 228 g/mol. The summed E-state index contributed by atoms with van der Waals surface area (Å²) >= 11 is 0. The number of hydrogen-bond acceptors (Lipinski definition) is 1. The third kappa shape index (κ3) is 4.60. The second-order valence-electron chi connectivity index (χ2n) is 4.17. The predicted molar refractivity (Wildman–Crippen MR) is 67.4 cm³/mol. The number of nitrogens with one attached hydrogen (secondary N) is 2. The first-order valence-corrected chi connectivity index (χ1v) is 5.90. The number of rotatable bonds is 3. The Bertz CT molecular complexity index is 427. The fourth-order valence-corrected chi connectivity index (χ4v) is 1.41. The maximum atomic E-state index is 11.3. The lowest BCUT2D eigenvalue weighted by Crippen LogP contribution is -2.36. The highest BCUT2D eigenvalue weighted by Crippen LogP contribution is 2.27. The van der Waals surface area contributed by atoms with Crippen LogP contribution >= 0.6 is 0 Å². The minimum atomic E-state index is -0.126. The number of urea groups is 1. The van der Waals surface area contributed by atoms with Gasteiger partial charge in [-0.1, -0.05) is 30.0 Å². The van der Waals surface area contributed by atoms with Gasteiger partial charge >= 0.3 is 6.03 Å². The van der Waals surface area contributed by atoms with E-state index in [0.29, 0.717) is 12.5 Å². The van der Waals surface area contributed by atoms with Crippen LogP contribution in [0.1, 0.15) is 18.4 Å². The second kappa shape index (κ2) is 5.95. The molecule has 3 nitrogen and oxygen atoms in total. The summed E-state index contributed by atoms with van der Waals surface area (Å²) in [6.07, 6.45) is 2.49. The second-order valence-corrected chi connectivity index (χ2v) is 4.17. The highest BCUT2D eigenvalue weighted by Gasteiger charge is 2.21. The summed E-state index contributed by atoms with van der Waals surface area (Å²) in [6, 6.07) is 9.61. The van der Waals surface area contributed by atoms with Gasteiger partial charge in [-0.25, -0.2) is 4.79 Å². The van der Waals surface area contributed by atoms with E-state index in [-0.39, 0.29) is 6.03 Å². The predicted octanol–water partition coefficient (Wildman–Crippen LogP) is 1.75.